The number of hydrogen-bond acceptors (Lipinski definition) is 4. The van der Waals surface area contributed by atoms with Crippen LogP contribution < -0.4 is 0 Å². The van der Waals surface area contributed by atoms with Gasteiger partial charge in [0, 0.05) is 39.3 Å². The van der Waals surface area contributed by atoms with E-state index >= 15 is 0 Å². The first-order valence-corrected chi connectivity index (χ1v) is 6.82. The van der Waals surface area contributed by atoms with Crippen LogP contribution in [0.4, 0.5) is 0 Å². The summed E-state index contributed by atoms with van der Waals surface area (Å²) in [4.78, 5) is 4.77. The highest BCUT2D eigenvalue weighted by Crippen LogP contribution is 2.03. The van der Waals surface area contributed by atoms with Gasteiger partial charge in [-0.2, -0.15) is 0 Å². The van der Waals surface area contributed by atoms with Crippen molar-refractivity contribution < 1.29 is 9.84 Å². The van der Waals surface area contributed by atoms with E-state index in [1.165, 1.54) is 0 Å². The maximum atomic E-state index is 9.86. The summed E-state index contributed by atoms with van der Waals surface area (Å²) in [5, 5.41) is 9.86. The Bertz CT molecular complexity index is 192. The normalized spacial score (nSPS) is 21.0. The molecular formula is C13H28N2O2. The molecule has 0 radical (unpaired) electrons. The van der Waals surface area contributed by atoms with Gasteiger partial charge in [0.2, 0.25) is 0 Å². The van der Waals surface area contributed by atoms with Crippen molar-refractivity contribution >= 4 is 0 Å². The molecule has 0 aromatic rings. The van der Waals surface area contributed by atoms with Gasteiger partial charge in [-0.15, -0.1) is 0 Å². The van der Waals surface area contributed by atoms with Crippen LogP contribution in [0.5, 0.6) is 0 Å². The van der Waals surface area contributed by atoms with Crippen LogP contribution in [0.1, 0.15) is 20.8 Å². The molecule has 0 aromatic heterocycles. The highest BCUT2D eigenvalue weighted by atomic mass is 16.5. The van der Waals surface area contributed by atoms with Crippen molar-refractivity contribution in [2.45, 2.75) is 26.9 Å². The van der Waals surface area contributed by atoms with Crippen molar-refractivity contribution in [3.8, 4) is 0 Å². The molecule has 1 fully saturated rings. The zero-order valence-corrected chi connectivity index (χ0v) is 11.6. The van der Waals surface area contributed by atoms with Crippen molar-refractivity contribution in [3.63, 3.8) is 0 Å². The van der Waals surface area contributed by atoms with E-state index < -0.39 is 0 Å². The van der Waals surface area contributed by atoms with Gasteiger partial charge in [-0.05, 0) is 12.5 Å². The number of ether oxygens (including phenoxy) is 1. The summed E-state index contributed by atoms with van der Waals surface area (Å²) < 4.78 is 5.45. The summed E-state index contributed by atoms with van der Waals surface area (Å²) in [6, 6.07) is 0. The first-order valence-electron chi connectivity index (χ1n) is 6.82. The first-order chi connectivity index (χ1) is 8.11. The molecule has 0 amide bonds. The zero-order chi connectivity index (χ0) is 12.7. The fraction of sp³-hybridized carbons (Fsp3) is 1.00. The van der Waals surface area contributed by atoms with E-state index in [-0.39, 0.29) is 6.10 Å². The summed E-state index contributed by atoms with van der Waals surface area (Å²) in [6.45, 7) is 13.9. The maximum Gasteiger partial charge on any atom is 0.0900 e. The van der Waals surface area contributed by atoms with Crippen LogP contribution in [-0.4, -0.2) is 73.5 Å². The topological polar surface area (TPSA) is 35.9 Å². The second kappa shape index (κ2) is 8.03. The number of piperazine rings is 1. The summed E-state index contributed by atoms with van der Waals surface area (Å²) in [5.41, 5.74) is 0. The van der Waals surface area contributed by atoms with E-state index in [0.717, 1.165) is 45.9 Å². The third-order valence-corrected chi connectivity index (χ3v) is 3.14. The average Bonchev–Trinajstić information content (AvgIpc) is 2.29. The Kier molecular flexibility index (Phi) is 7.04. The van der Waals surface area contributed by atoms with Crippen molar-refractivity contribution in [2.75, 3.05) is 52.5 Å². The first kappa shape index (κ1) is 14.9. The quantitative estimate of drug-likeness (QED) is 0.713. The molecule has 0 aromatic carbocycles. The second-order valence-corrected chi connectivity index (χ2v) is 5.32. The standard InChI is InChI=1S/C13H28N2O2/c1-4-14-5-7-15(8-6-14)9-13(16)11-17-10-12(2)3/h12-13,16H,4-11H2,1-3H3/t13-/m1/s1. The van der Waals surface area contributed by atoms with Crippen molar-refractivity contribution in [3.05, 3.63) is 0 Å². The Hall–Kier alpha value is -0.160. The largest absolute Gasteiger partial charge is 0.389 e. The Labute approximate surface area is 106 Å². The average molecular weight is 244 g/mol. The third kappa shape index (κ3) is 6.36. The lowest BCUT2D eigenvalue weighted by atomic mass is 10.2. The molecule has 17 heavy (non-hydrogen) atoms. The summed E-state index contributed by atoms with van der Waals surface area (Å²) in [7, 11) is 0. The lowest BCUT2D eigenvalue weighted by molar-refractivity contribution is 0.000478. The van der Waals surface area contributed by atoms with Gasteiger partial charge in [0.15, 0.2) is 0 Å². The number of rotatable bonds is 7. The Morgan fingerprint density at radius 3 is 2.18 bits per heavy atom. The molecule has 0 aliphatic carbocycles. The highest BCUT2D eigenvalue weighted by molar-refractivity contribution is 4.73. The molecule has 0 saturated carbocycles. The van der Waals surface area contributed by atoms with E-state index in [1.807, 2.05) is 0 Å². The Balaban J connectivity index is 2.08. The van der Waals surface area contributed by atoms with E-state index in [4.69, 9.17) is 4.74 Å². The zero-order valence-electron chi connectivity index (χ0n) is 11.6. The molecule has 1 aliphatic rings. The minimum Gasteiger partial charge on any atom is -0.389 e. The van der Waals surface area contributed by atoms with Crippen molar-refractivity contribution in [1.29, 1.82) is 0 Å². The van der Waals surface area contributed by atoms with E-state index in [1.54, 1.807) is 0 Å². The molecule has 1 heterocycles. The number of hydrogen-bond donors (Lipinski definition) is 1. The molecule has 0 bridgehead atoms. The van der Waals surface area contributed by atoms with Crippen LogP contribution in [0.2, 0.25) is 0 Å². The summed E-state index contributed by atoms with van der Waals surface area (Å²) in [5.74, 6) is 0.537. The maximum absolute atomic E-state index is 9.86. The van der Waals surface area contributed by atoms with Gasteiger partial charge in [0.05, 0.1) is 12.7 Å². The van der Waals surface area contributed by atoms with Gasteiger partial charge in [-0.1, -0.05) is 20.8 Å². The Morgan fingerprint density at radius 1 is 1.06 bits per heavy atom. The fourth-order valence-electron chi connectivity index (χ4n) is 2.08. The third-order valence-electron chi connectivity index (χ3n) is 3.14. The number of β-amino-alcohol motifs (C(OH)–C–C–N with tert-alkyl or cyclic N) is 1. The van der Waals surface area contributed by atoms with Crippen LogP contribution in [0, 0.1) is 5.92 Å². The highest BCUT2D eigenvalue weighted by Gasteiger charge is 2.18. The molecule has 1 N–H and O–H groups in total. The van der Waals surface area contributed by atoms with Crippen molar-refractivity contribution in [2.24, 2.45) is 5.92 Å². The van der Waals surface area contributed by atoms with Gasteiger partial charge in [-0.25, -0.2) is 0 Å². The summed E-state index contributed by atoms with van der Waals surface area (Å²) >= 11 is 0. The Morgan fingerprint density at radius 2 is 1.65 bits per heavy atom. The minimum atomic E-state index is -0.345. The second-order valence-electron chi connectivity index (χ2n) is 5.32. The number of nitrogens with zero attached hydrogens (tertiary/aromatic N) is 2. The van der Waals surface area contributed by atoms with Gasteiger partial charge < -0.3 is 14.7 Å². The number of aliphatic hydroxyl groups is 1. The molecule has 102 valence electrons. The predicted molar refractivity (Wildman–Crippen MR) is 70.2 cm³/mol. The molecule has 1 atom stereocenters. The van der Waals surface area contributed by atoms with Crippen LogP contribution in [0.25, 0.3) is 0 Å². The fourth-order valence-corrected chi connectivity index (χ4v) is 2.08. The molecule has 4 nitrogen and oxygen atoms in total. The molecule has 0 spiro atoms. The SMILES string of the molecule is CCN1CCN(C[C@@H](O)COCC(C)C)CC1. The van der Waals surface area contributed by atoms with Gasteiger partial charge in [0.25, 0.3) is 0 Å². The number of aliphatic hydroxyl groups excluding tert-OH is 1. The van der Waals surface area contributed by atoms with E-state index in [9.17, 15) is 5.11 Å². The predicted octanol–water partition coefficient (Wildman–Crippen LogP) is 0.657. The van der Waals surface area contributed by atoms with Crippen molar-refractivity contribution in [1.82, 2.24) is 9.80 Å². The van der Waals surface area contributed by atoms with Gasteiger partial charge in [-0.3, -0.25) is 4.90 Å². The minimum absolute atomic E-state index is 0.345. The van der Waals surface area contributed by atoms with Gasteiger partial charge >= 0.3 is 0 Å². The molecular weight excluding hydrogens is 216 g/mol. The van der Waals surface area contributed by atoms with Crippen LogP contribution >= 0.6 is 0 Å². The molecule has 1 aliphatic heterocycles. The van der Waals surface area contributed by atoms with Crippen LogP contribution in [0.3, 0.4) is 0 Å². The lowest BCUT2D eigenvalue weighted by Gasteiger charge is -2.34. The smallest absolute Gasteiger partial charge is 0.0900 e. The molecule has 4 heteroatoms. The van der Waals surface area contributed by atoms with Crippen LogP contribution in [-0.2, 0) is 4.74 Å². The monoisotopic (exact) mass is 244 g/mol. The molecule has 1 saturated heterocycles. The van der Waals surface area contributed by atoms with E-state index in [2.05, 4.69) is 30.6 Å². The molecule has 0 unspecified atom stereocenters. The molecule has 1 rings (SSSR count). The lowest BCUT2D eigenvalue weighted by Crippen LogP contribution is -2.48. The van der Waals surface area contributed by atoms with Crippen LogP contribution in [0.15, 0.2) is 0 Å². The van der Waals surface area contributed by atoms with Gasteiger partial charge in [0.1, 0.15) is 0 Å². The van der Waals surface area contributed by atoms with E-state index in [0.29, 0.717) is 12.5 Å². The summed E-state index contributed by atoms with van der Waals surface area (Å²) in [6.07, 6.45) is -0.345. The number of likely N-dealkylation sites (N-methyl/N-ethyl adjacent to an activating group) is 1.